The lowest BCUT2D eigenvalue weighted by molar-refractivity contribution is 0.0591. The van der Waals surface area contributed by atoms with Crippen molar-refractivity contribution in [2.45, 2.75) is 52.1 Å². The van der Waals surface area contributed by atoms with Gasteiger partial charge in [0.1, 0.15) is 11.4 Å². The number of rotatable bonds is 8. The van der Waals surface area contributed by atoms with E-state index in [-0.39, 0.29) is 5.92 Å². The van der Waals surface area contributed by atoms with Crippen molar-refractivity contribution in [3.63, 3.8) is 0 Å². The van der Waals surface area contributed by atoms with Crippen molar-refractivity contribution in [1.29, 1.82) is 0 Å². The van der Waals surface area contributed by atoms with Crippen LogP contribution in [-0.4, -0.2) is 18.8 Å². The van der Waals surface area contributed by atoms with Crippen LogP contribution in [0.1, 0.15) is 51.2 Å². The molecular formula is C30H35NO3. The van der Waals surface area contributed by atoms with E-state index in [9.17, 15) is 4.79 Å². The van der Waals surface area contributed by atoms with Gasteiger partial charge < -0.3 is 9.47 Å². The maximum Gasteiger partial charge on any atom is 0.419 e. The van der Waals surface area contributed by atoms with E-state index in [4.69, 9.17) is 9.47 Å². The molecular weight excluding hydrogens is 422 g/mol. The fraction of sp³-hybridized carbons (Fsp3) is 0.300. The highest BCUT2D eigenvalue weighted by Crippen LogP contribution is 2.30. The molecule has 0 bridgehead atoms. The summed E-state index contributed by atoms with van der Waals surface area (Å²) in [5, 5.41) is 0. The van der Waals surface area contributed by atoms with Gasteiger partial charge in [0.15, 0.2) is 0 Å². The first-order valence-corrected chi connectivity index (χ1v) is 11.8. The van der Waals surface area contributed by atoms with Crippen molar-refractivity contribution in [1.82, 2.24) is 0 Å². The fourth-order valence-corrected chi connectivity index (χ4v) is 3.85. The molecule has 3 rings (SSSR count). The molecule has 178 valence electrons. The summed E-state index contributed by atoms with van der Waals surface area (Å²) in [6.45, 7) is 7.72. The molecule has 3 aromatic rings. The SMILES string of the molecule is CC/C(=C\[C@H](Cc1ccccc1)c1ccccc1)N(C(=O)OC(C)(C)C)c1ccc(OC)cc1. The van der Waals surface area contributed by atoms with Gasteiger partial charge in [-0.1, -0.05) is 73.7 Å². The number of allylic oxidation sites excluding steroid dienone is 2. The van der Waals surface area contributed by atoms with Crippen LogP contribution in [0.15, 0.2) is 96.7 Å². The van der Waals surface area contributed by atoms with Gasteiger partial charge >= 0.3 is 6.09 Å². The number of benzene rings is 3. The average molecular weight is 458 g/mol. The molecule has 0 saturated carbocycles. The van der Waals surface area contributed by atoms with Gasteiger partial charge in [0, 0.05) is 11.6 Å². The maximum atomic E-state index is 13.4. The zero-order valence-corrected chi connectivity index (χ0v) is 20.8. The van der Waals surface area contributed by atoms with E-state index in [0.29, 0.717) is 6.42 Å². The van der Waals surface area contributed by atoms with Gasteiger partial charge in [-0.2, -0.15) is 0 Å². The molecule has 0 aliphatic carbocycles. The Balaban J connectivity index is 2.07. The van der Waals surface area contributed by atoms with E-state index < -0.39 is 11.7 Å². The molecule has 0 fully saturated rings. The number of anilines is 1. The number of hydrogen-bond donors (Lipinski definition) is 0. The van der Waals surface area contributed by atoms with Crippen molar-refractivity contribution in [3.05, 3.63) is 108 Å². The first kappa shape index (κ1) is 25.1. The topological polar surface area (TPSA) is 38.8 Å². The Kier molecular flexibility index (Phi) is 8.53. The van der Waals surface area contributed by atoms with Crippen LogP contribution < -0.4 is 9.64 Å². The highest BCUT2D eigenvalue weighted by atomic mass is 16.6. The van der Waals surface area contributed by atoms with Crippen molar-refractivity contribution >= 4 is 11.8 Å². The Hall–Kier alpha value is -3.53. The summed E-state index contributed by atoms with van der Waals surface area (Å²) >= 11 is 0. The molecule has 4 nitrogen and oxygen atoms in total. The van der Waals surface area contributed by atoms with E-state index in [2.05, 4.69) is 61.5 Å². The molecule has 4 heteroatoms. The molecule has 1 amide bonds. The zero-order chi connectivity index (χ0) is 24.6. The lowest BCUT2D eigenvalue weighted by Gasteiger charge is -2.30. The Morgan fingerprint density at radius 2 is 1.50 bits per heavy atom. The summed E-state index contributed by atoms with van der Waals surface area (Å²) in [6, 6.07) is 28.4. The van der Waals surface area contributed by atoms with E-state index in [0.717, 1.165) is 23.6 Å². The van der Waals surface area contributed by atoms with Crippen LogP contribution in [0.3, 0.4) is 0 Å². The third-order valence-corrected chi connectivity index (χ3v) is 5.48. The monoisotopic (exact) mass is 457 g/mol. The van der Waals surface area contributed by atoms with E-state index in [1.165, 1.54) is 11.1 Å². The second-order valence-corrected chi connectivity index (χ2v) is 9.23. The molecule has 0 saturated heterocycles. The number of nitrogens with zero attached hydrogens (tertiary/aromatic N) is 1. The lowest BCUT2D eigenvalue weighted by atomic mass is 9.90. The highest BCUT2D eigenvalue weighted by molar-refractivity contribution is 5.91. The van der Waals surface area contributed by atoms with Crippen LogP contribution in [0, 0.1) is 0 Å². The number of ether oxygens (including phenoxy) is 2. The maximum absolute atomic E-state index is 13.4. The van der Waals surface area contributed by atoms with Crippen LogP contribution in [0.4, 0.5) is 10.5 Å². The Morgan fingerprint density at radius 3 is 2.03 bits per heavy atom. The number of amides is 1. The van der Waals surface area contributed by atoms with Gasteiger partial charge in [0.05, 0.1) is 12.8 Å². The van der Waals surface area contributed by atoms with Gasteiger partial charge in [0.25, 0.3) is 0 Å². The Morgan fingerprint density at radius 1 is 0.912 bits per heavy atom. The Labute approximate surface area is 203 Å². The average Bonchev–Trinajstić information content (AvgIpc) is 2.83. The molecule has 0 N–H and O–H groups in total. The first-order chi connectivity index (χ1) is 16.3. The summed E-state index contributed by atoms with van der Waals surface area (Å²) in [6.07, 6.45) is 3.32. The van der Waals surface area contributed by atoms with Gasteiger partial charge in [-0.25, -0.2) is 4.79 Å². The van der Waals surface area contributed by atoms with Gasteiger partial charge in [-0.15, -0.1) is 0 Å². The van der Waals surface area contributed by atoms with Crippen LogP contribution in [0.5, 0.6) is 5.75 Å². The molecule has 3 aromatic carbocycles. The van der Waals surface area contributed by atoms with Gasteiger partial charge in [0.2, 0.25) is 0 Å². The molecule has 0 aliphatic rings. The minimum Gasteiger partial charge on any atom is -0.497 e. The number of methoxy groups -OCH3 is 1. The van der Waals surface area contributed by atoms with Crippen molar-refractivity contribution in [2.75, 3.05) is 12.0 Å². The third kappa shape index (κ3) is 6.98. The second kappa shape index (κ2) is 11.6. The molecule has 0 aliphatic heterocycles. The minimum atomic E-state index is -0.608. The third-order valence-electron chi connectivity index (χ3n) is 5.48. The summed E-state index contributed by atoms with van der Waals surface area (Å²) in [5.74, 6) is 0.836. The predicted molar refractivity (Wildman–Crippen MR) is 139 cm³/mol. The molecule has 0 heterocycles. The van der Waals surface area contributed by atoms with E-state index >= 15 is 0 Å². The molecule has 1 atom stereocenters. The quantitative estimate of drug-likeness (QED) is 0.347. The molecule has 34 heavy (non-hydrogen) atoms. The van der Waals surface area contributed by atoms with Crippen LogP contribution in [0.25, 0.3) is 0 Å². The predicted octanol–water partition coefficient (Wildman–Crippen LogP) is 7.76. The van der Waals surface area contributed by atoms with E-state index in [1.807, 2.05) is 57.2 Å². The summed E-state index contributed by atoms with van der Waals surface area (Å²) < 4.78 is 11.1. The van der Waals surface area contributed by atoms with Crippen LogP contribution >= 0.6 is 0 Å². The summed E-state index contributed by atoms with van der Waals surface area (Å²) in [5.41, 5.74) is 3.48. The lowest BCUT2D eigenvalue weighted by Crippen LogP contribution is -2.36. The van der Waals surface area contributed by atoms with E-state index in [1.54, 1.807) is 12.0 Å². The van der Waals surface area contributed by atoms with Crippen LogP contribution in [-0.2, 0) is 11.2 Å². The molecule has 0 spiro atoms. The Bertz CT molecular complexity index is 1070. The van der Waals surface area contributed by atoms with Gasteiger partial charge in [-0.05, 0) is 69.0 Å². The molecule has 0 radical (unpaired) electrons. The molecule has 0 aromatic heterocycles. The smallest absolute Gasteiger partial charge is 0.419 e. The van der Waals surface area contributed by atoms with Crippen molar-refractivity contribution in [3.8, 4) is 5.75 Å². The number of carbonyl (C=O) groups is 1. The highest BCUT2D eigenvalue weighted by Gasteiger charge is 2.27. The first-order valence-electron chi connectivity index (χ1n) is 11.8. The standard InChI is InChI=1S/C30H35NO3/c1-6-26(22-25(24-15-11-8-12-16-24)21-23-13-9-7-10-14-23)31(29(32)34-30(2,3)4)27-17-19-28(33-5)20-18-27/h7-20,22,25H,6,21H2,1-5H3/b26-22+/t25-/m0/s1. The largest absolute Gasteiger partial charge is 0.497 e. The molecule has 0 unspecified atom stereocenters. The van der Waals surface area contributed by atoms with Crippen molar-refractivity contribution in [2.24, 2.45) is 0 Å². The zero-order valence-electron chi connectivity index (χ0n) is 20.8. The van der Waals surface area contributed by atoms with Gasteiger partial charge in [-0.3, -0.25) is 4.90 Å². The second-order valence-electron chi connectivity index (χ2n) is 9.23. The summed E-state index contributed by atoms with van der Waals surface area (Å²) in [7, 11) is 1.63. The van der Waals surface area contributed by atoms with Crippen molar-refractivity contribution < 1.29 is 14.3 Å². The summed E-state index contributed by atoms with van der Waals surface area (Å²) in [4.78, 5) is 15.1. The number of hydrogen-bond acceptors (Lipinski definition) is 3. The van der Waals surface area contributed by atoms with Crippen LogP contribution in [0.2, 0.25) is 0 Å². The number of carbonyl (C=O) groups excluding carboxylic acids is 1. The fourth-order valence-electron chi connectivity index (χ4n) is 3.85. The normalized spacial score (nSPS) is 12.7. The minimum absolute atomic E-state index is 0.0988.